The third-order valence-electron chi connectivity index (χ3n) is 3.92. The summed E-state index contributed by atoms with van der Waals surface area (Å²) in [4.78, 5) is 14.5. The predicted molar refractivity (Wildman–Crippen MR) is 73.0 cm³/mol. The van der Waals surface area contributed by atoms with Crippen LogP contribution in [0.15, 0.2) is 5.16 Å². The van der Waals surface area contributed by atoms with Crippen molar-refractivity contribution in [3.8, 4) is 0 Å². The lowest BCUT2D eigenvalue weighted by molar-refractivity contribution is -0.150. The Bertz CT molecular complexity index is 343. The monoisotopic (exact) mass is 271 g/mol. The SMILES string of the molecule is CCC(CC)(C(=O)N1CC(C)OC(C)C1)C(N)=NO. The molecule has 1 aliphatic heterocycles. The second kappa shape index (κ2) is 6.23. The molecule has 0 aromatic carbocycles. The summed E-state index contributed by atoms with van der Waals surface area (Å²) < 4.78 is 5.63. The van der Waals surface area contributed by atoms with E-state index in [1.165, 1.54) is 0 Å². The smallest absolute Gasteiger partial charge is 0.236 e. The number of nitrogens with two attached hydrogens (primary N) is 1. The molecule has 1 heterocycles. The molecule has 1 rings (SSSR count). The van der Waals surface area contributed by atoms with E-state index in [9.17, 15) is 4.79 Å². The first kappa shape index (κ1) is 15.8. The number of nitrogens with zero attached hydrogens (tertiary/aromatic N) is 2. The Morgan fingerprint density at radius 2 is 1.84 bits per heavy atom. The maximum atomic E-state index is 12.8. The predicted octanol–water partition coefficient (Wildman–Crippen LogP) is 1.17. The van der Waals surface area contributed by atoms with Crippen molar-refractivity contribution in [2.24, 2.45) is 16.3 Å². The zero-order chi connectivity index (χ0) is 14.6. The van der Waals surface area contributed by atoms with Gasteiger partial charge in [-0.15, -0.1) is 0 Å². The normalized spacial score (nSPS) is 25.5. The third kappa shape index (κ3) is 3.00. The summed E-state index contributed by atoms with van der Waals surface area (Å²) in [6.07, 6.45) is 1.04. The zero-order valence-electron chi connectivity index (χ0n) is 12.2. The molecular weight excluding hydrogens is 246 g/mol. The van der Waals surface area contributed by atoms with E-state index in [4.69, 9.17) is 15.7 Å². The van der Waals surface area contributed by atoms with Crippen LogP contribution < -0.4 is 5.73 Å². The van der Waals surface area contributed by atoms with E-state index in [0.717, 1.165) is 0 Å². The number of amidine groups is 1. The molecule has 6 heteroatoms. The fourth-order valence-electron chi connectivity index (χ4n) is 2.77. The van der Waals surface area contributed by atoms with Crippen molar-refractivity contribution in [3.63, 3.8) is 0 Å². The van der Waals surface area contributed by atoms with E-state index in [2.05, 4.69) is 5.16 Å². The van der Waals surface area contributed by atoms with Crippen molar-refractivity contribution in [1.29, 1.82) is 0 Å². The van der Waals surface area contributed by atoms with Crippen molar-refractivity contribution < 1.29 is 14.7 Å². The summed E-state index contributed by atoms with van der Waals surface area (Å²) in [5.41, 5.74) is 4.86. The number of carbonyl (C=O) groups is 1. The van der Waals surface area contributed by atoms with Crippen molar-refractivity contribution in [2.45, 2.75) is 52.7 Å². The molecule has 2 atom stereocenters. The number of rotatable bonds is 4. The molecule has 1 fully saturated rings. The highest BCUT2D eigenvalue weighted by molar-refractivity contribution is 6.06. The van der Waals surface area contributed by atoms with Crippen LogP contribution in [0.25, 0.3) is 0 Å². The van der Waals surface area contributed by atoms with Gasteiger partial charge in [-0.2, -0.15) is 0 Å². The summed E-state index contributed by atoms with van der Waals surface area (Å²) in [5.74, 6) is -0.0795. The highest BCUT2D eigenvalue weighted by Crippen LogP contribution is 2.30. The van der Waals surface area contributed by atoms with Gasteiger partial charge in [-0.3, -0.25) is 4.79 Å². The van der Waals surface area contributed by atoms with E-state index in [0.29, 0.717) is 25.9 Å². The summed E-state index contributed by atoms with van der Waals surface area (Å²) >= 11 is 0. The van der Waals surface area contributed by atoms with Gasteiger partial charge in [0.15, 0.2) is 5.84 Å². The van der Waals surface area contributed by atoms with Gasteiger partial charge in [0.2, 0.25) is 5.91 Å². The highest BCUT2D eigenvalue weighted by atomic mass is 16.5. The standard InChI is InChI=1S/C13H25N3O3/c1-5-13(6-2,11(14)15-18)12(17)16-7-9(3)19-10(4)8-16/h9-10,18H,5-8H2,1-4H3,(H2,14,15). The average molecular weight is 271 g/mol. The van der Waals surface area contributed by atoms with Crippen molar-refractivity contribution in [2.75, 3.05) is 13.1 Å². The van der Waals surface area contributed by atoms with Crippen LogP contribution in [0.1, 0.15) is 40.5 Å². The highest BCUT2D eigenvalue weighted by Gasteiger charge is 2.44. The molecule has 110 valence electrons. The van der Waals surface area contributed by atoms with E-state index < -0.39 is 5.41 Å². The quantitative estimate of drug-likeness (QED) is 0.348. The van der Waals surface area contributed by atoms with Gasteiger partial charge in [-0.1, -0.05) is 19.0 Å². The Morgan fingerprint density at radius 1 is 1.37 bits per heavy atom. The van der Waals surface area contributed by atoms with Crippen molar-refractivity contribution in [1.82, 2.24) is 4.90 Å². The fourth-order valence-corrected chi connectivity index (χ4v) is 2.77. The van der Waals surface area contributed by atoms with Gasteiger partial charge >= 0.3 is 0 Å². The first-order valence-electron chi connectivity index (χ1n) is 6.84. The maximum absolute atomic E-state index is 12.8. The molecule has 1 saturated heterocycles. The fraction of sp³-hybridized carbons (Fsp3) is 0.846. The molecule has 0 aliphatic carbocycles. The van der Waals surface area contributed by atoms with Crippen molar-refractivity contribution in [3.05, 3.63) is 0 Å². The van der Waals surface area contributed by atoms with Gasteiger partial charge < -0.3 is 20.6 Å². The second-order valence-electron chi connectivity index (χ2n) is 5.24. The minimum absolute atomic E-state index is 0.00528. The molecule has 19 heavy (non-hydrogen) atoms. The minimum Gasteiger partial charge on any atom is -0.409 e. The van der Waals surface area contributed by atoms with Crippen LogP contribution in [-0.4, -0.2) is 47.1 Å². The number of oxime groups is 1. The lowest BCUT2D eigenvalue weighted by Gasteiger charge is -2.40. The molecule has 1 aliphatic rings. The van der Waals surface area contributed by atoms with E-state index in [-0.39, 0.29) is 24.0 Å². The Morgan fingerprint density at radius 3 is 2.21 bits per heavy atom. The van der Waals surface area contributed by atoms with Gasteiger partial charge in [0.25, 0.3) is 0 Å². The first-order valence-corrected chi connectivity index (χ1v) is 6.84. The molecule has 0 aromatic rings. The minimum atomic E-state index is -0.911. The summed E-state index contributed by atoms with van der Waals surface area (Å²) in [6.45, 7) is 8.74. The number of hydrogen-bond donors (Lipinski definition) is 2. The molecule has 1 amide bonds. The molecule has 0 bridgehead atoms. The van der Waals surface area contributed by atoms with Crippen molar-refractivity contribution >= 4 is 11.7 Å². The second-order valence-corrected chi connectivity index (χ2v) is 5.24. The van der Waals surface area contributed by atoms with Crippen LogP contribution in [0.3, 0.4) is 0 Å². The van der Waals surface area contributed by atoms with E-state index in [1.807, 2.05) is 27.7 Å². The molecule has 0 spiro atoms. The number of hydrogen-bond acceptors (Lipinski definition) is 4. The van der Waals surface area contributed by atoms with Crippen LogP contribution >= 0.6 is 0 Å². The Labute approximate surface area is 114 Å². The summed E-state index contributed by atoms with van der Waals surface area (Å²) in [5, 5.41) is 12.0. The van der Waals surface area contributed by atoms with Crippen LogP contribution in [0.5, 0.6) is 0 Å². The summed E-state index contributed by atoms with van der Waals surface area (Å²) in [6, 6.07) is 0. The zero-order valence-corrected chi connectivity index (χ0v) is 12.2. The number of ether oxygens (including phenoxy) is 1. The molecule has 6 nitrogen and oxygen atoms in total. The van der Waals surface area contributed by atoms with Crippen LogP contribution in [0.2, 0.25) is 0 Å². The largest absolute Gasteiger partial charge is 0.409 e. The van der Waals surface area contributed by atoms with Gasteiger partial charge in [0.05, 0.1) is 12.2 Å². The molecule has 2 unspecified atom stereocenters. The number of amides is 1. The van der Waals surface area contributed by atoms with Gasteiger partial charge in [0.1, 0.15) is 5.41 Å². The Hall–Kier alpha value is -1.30. The third-order valence-corrected chi connectivity index (χ3v) is 3.92. The molecule has 0 radical (unpaired) electrons. The van der Waals surface area contributed by atoms with Gasteiger partial charge in [0, 0.05) is 13.1 Å². The van der Waals surface area contributed by atoms with Gasteiger partial charge in [-0.25, -0.2) is 0 Å². The maximum Gasteiger partial charge on any atom is 0.236 e. The Kier molecular flexibility index (Phi) is 5.17. The van der Waals surface area contributed by atoms with Gasteiger partial charge in [-0.05, 0) is 26.7 Å². The van der Waals surface area contributed by atoms with E-state index in [1.54, 1.807) is 4.90 Å². The van der Waals surface area contributed by atoms with E-state index >= 15 is 0 Å². The summed E-state index contributed by atoms with van der Waals surface area (Å²) in [7, 11) is 0. The van der Waals surface area contributed by atoms with Crippen LogP contribution in [0.4, 0.5) is 0 Å². The molecule has 0 aromatic heterocycles. The number of morpholine rings is 1. The number of carbonyl (C=O) groups excluding carboxylic acids is 1. The van der Waals surface area contributed by atoms with Crippen LogP contribution in [-0.2, 0) is 9.53 Å². The topological polar surface area (TPSA) is 88.2 Å². The molecule has 0 saturated carbocycles. The first-order chi connectivity index (χ1) is 8.91. The lowest BCUT2D eigenvalue weighted by Crippen LogP contribution is -2.56. The molecular formula is C13H25N3O3. The lowest BCUT2D eigenvalue weighted by atomic mass is 9.79. The Balaban J connectivity index is 3.00. The van der Waals surface area contributed by atoms with Crippen LogP contribution in [0, 0.1) is 5.41 Å². The average Bonchev–Trinajstić information content (AvgIpc) is 2.39. The molecule has 3 N–H and O–H groups in total.